The lowest BCUT2D eigenvalue weighted by molar-refractivity contribution is -0.137. The summed E-state index contributed by atoms with van der Waals surface area (Å²) in [7, 11) is 1.81. The first-order chi connectivity index (χ1) is 15.7. The first-order valence-corrected chi connectivity index (χ1v) is 10.9. The average Bonchev–Trinajstić information content (AvgIpc) is 2.97. The number of nitrogens with two attached hydrogens (primary N) is 1. The molecule has 2 atom stereocenters. The van der Waals surface area contributed by atoms with Crippen LogP contribution in [0.3, 0.4) is 0 Å². The van der Waals surface area contributed by atoms with E-state index < -0.39 is 5.97 Å². The first-order valence-electron chi connectivity index (χ1n) is 10.9. The normalized spacial score (nSPS) is 17.8. The second kappa shape index (κ2) is 12.6. The molecule has 3 N–H and O–H groups in total. The zero-order valence-electron chi connectivity index (χ0n) is 19.4. The van der Waals surface area contributed by atoms with Crippen molar-refractivity contribution in [3.63, 3.8) is 0 Å². The minimum atomic E-state index is -0.833. The molecule has 1 aliphatic heterocycles. The number of hydrogen-bond donors (Lipinski definition) is 2. The molecule has 0 radical (unpaired) electrons. The molecular formula is C25H33N3O5. The number of nitrogens with zero attached hydrogens (tertiary/aromatic N) is 2. The van der Waals surface area contributed by atoms with Gasteiger partial charge in [0.25, 0.3) is 5.97 Å². The van der Waals surface area contributed by atoms with Gasteiger partial charge in [0.1, 0.15) is 11.5 Å². The van der Waals surface area contributed by atoms with Crippen LogP contribution in [0.5, 0.6) is 11.5 Å². The number of hydrogen-bond acceptors (Lipinski definition) is 5. The van der Waals surface area contributed by atoms with Crippen molar-refractivity contribution in [2.24, 2.45) is 11.7 Å². The number of para-hydroxylation sites is 1. The van der Waals surface area contributed by atoms with Crippen LogP contribution in [0, 0.1) is 5.92 Å². The van der Waals surface area contributed by atoms with Crippen molar-refractivity contribution in [2.45, 2.75) is 39.3 Å². The highest BCUT2D eigenvalue weighted by atomic mass is 16.5. The van der Waals surface area contributed by atoms with Gasteiger partial charge in [-0.1, -0.05) is 30.3 Å². The molecule has 1 heterocycles. The summed E-state index contributed by atoms with van der Waals surface area (Å²) in [5.74, 6) is 0.517. The Morgan fingerprint density at radius 1 is 1.00 bits per heavy atom. The summed E-state index contributed by atoms with van der Waals surface area (Å²) in [6, 6.07) is 17.3. The lowest BCUT2D eigenvalue weighted by Crippen LogP contribution is -2.42. The van der Waals surface area contributed by atoms with E-state index in [4.69, 9.17) is 20.4 Å². The molecule has 3 rings (SSSR count). The van der Waals surface area contributed by atoms with Gasteiger partial charge in [0.2, 0.25) is 11.8 Å². The van der Waals surface area contributed by atoms with Gasteiger partial charge in [0.05, 0.1) is 5.92 Å². The number of amides is 2. The van der Waals surface area contributed by atoms with Gasteiger partial charge in [0.15, 0.2) is 0 Å². The van der Waals surface area contributed by atoms with E-state index in [0.717, 1.165) is 30.4 Å². The molecule has 1 fully saturated rings. The third-order valence-corrected chi connectivity index (χ3v) is 5.27. The summed E-state index contributed by atoms with van der Waals surface area (Å²) in [5.41, 5.74) is 7.09. The van der Waals surface area contributed by atoms with Gasteiger partial charge in [-0.25, -0.2) is 0 Å². The molecular weight excluding hydrogens is 422 g/mol. The van der Waals surface area contributed by atoms with Gasteiger partial charge in [0, 0.05) is 46.6 Å². The van der Waals surface area contributed by atoms with Gasteiger partial charge < -0.3 is 25.4 Å². The molecule has 1 saturated heterocycles. The van der Waals surface area contributed by atoms with E-state index in [1.807, 2.05) is 54.6 Å². The lowest BCUT2D eigenvalue weighted by atomic mass is 10.0. The Morgan fingerprint density at radius 2 is 1.58 bits per heavy atom. The molecule has 0 saturated carbocycles. The summed E-state index contributed by atoms with van der Waals surface area (Å²) >= 11 is 0. The number of rotatable bonds is 5. The minimum Gasteiger partial charge on any atom is -0.481 e. The third-order valence-electron chi connectivity index (χ3n) is 5.27. The van der Waals surface area contributed by atoms with Gasteiger partial charge >= 0.3 is 0 Å². The van der Waals surface area contributed by atoms with Crippen molar-refractivity contribution in [1.82, 2.24) is 9.80 Å². The van der Waals surface area contributed by atoms with Gasteiger partial charge in [-0.3, -0.25) is 14.4 Å². The number of aliphatic carboxylic acids is 1. The van der Waals surface area contributed by atoms with Crippen molar-refractivity contribution >= 4 is 17.8 Å². The monoisotopic (exact) mass is 455 g/mol. The Labute approximate surface area is 194 Å². The largest absolute Gasteiger partial charge is 0.481 e. The van der Waals surface area contributed by atoms with E-state index in [0.29, 0.717) is 26.1 Å². The Balaban J connectivity index is 0.000000890. The summed E-state index contributed by atoms with van der Waals surface area (Å²) < 4.78 is 5.81. The summed E-state index contributed by atoms with van der Waals surface area (Å²) in [6.07, 6.45) is 1.46. The molecule has 0 bridgehead atoms. The van der Waals surface area contributed by atoms with Crippen LogP contribution in [-0.4, -0.2) is 58.9 Å². The standard InChI is InChI=1S/C23H29N3O3.C2H4O2/c1-17(27)26-15-19(10-11-20(24)16-26)23(28)25(2)14-18-8-12-22(13-9-18)29-21-6-4-3-5-7-21;1-2(3)4/h3-9,12-13,19-20H,10-11,14-16,24H2,1-2H3;1H3,(H,3,4)/t19-,20+;/m1./s1. The zero-order valence-corrected chi connectivity index (χ0v) is 19.4. The molecule has 0 aromatic heterocycles. The van der Waals surface area contributed by atoms with Crippen LogP contribution in [0.2, 0.25) is 0 Å². The van der Waals surface area contributed by atoms with Gasteiger partial charge in [-0.05, 0) is 42.7 Å². The maximum absolute atomic E-state index is 13.0. The SMILES string of the molecule is CC(=O)N1C[C@@H](N)CC[C@@H](C(=O)N(C)Cc2ccc(Oc3ccccc3)cc2)C1.CC(=O)O. The maximum atomic E-state index is 13.0. The van der Waals surface area contributed by atoms with E-state index >= 15 is 0 Å². The number of carboxylic acids is 1. The predicted octanol–water partition coefficient (Wildman–Crippen LogP) is 3.11. The first kappa shape index (κ1) is 25.9. The average molecular weight is 456 g/mol. The Hall–Kier alpha value is -3.39. The Bertz CT molecular complexity index is 913. The number of carbonyl (C=O) groups is 3. The second-order valence-electron chi connectivity index (χ2n) is 8.23. The highest BCUT2D eigenvalue weighted by Crippen LogP contribution is 2.23. The van der Waals surface area contributed by atoms with Gasteiger partial charge in [-0.15, -0.1) is 0 Å². The second-order valence-corrected chi connectivity index (χ2v) is 8.23. The quantitative estimate of drug-likeness (QED) is 0.716. The van der Waals surface area contributed by atoms with E-state index in [1.54, 1.807) is 16.8 Å². The van der Waals surface area contributed by atoms with Crippen LogP contribution in [0.1, 0.15) is 32.3 Å². The zero-order chi connectivity index (χ0) is 24.4. The number of carbonyl (C=O) groups excluding carboxylic acids is 2. The van der Waals surface area contributed by atoms with Crippen LogP contribution in [-0.2, 0) is 20.9 Å². The smallest absolute Gasteiger partial charge is 0.300 e. The Morgan fingerprint density at radius 3 is 2.15 bits per heavy atom. The molecule has 2 aromatic carbocycles. The highest BCUT2D eigenvalue weighted by Gasteiger charge is 2.30. The van der Waals surface area contributed by atoms with Crippen molar-refractivity contribution < 1.29 is 24.2 Å². The van der Waals surface area contributed by atoms with E-state index in [9.17, 15) is 9.59 Å². The fourth-order valence-corrected chi connectivity index (χ4v) is 3.63. The van der Waals surface area contributed by atoms with E-state index in [-0.39, 0.29) is 23.8 Å². The number of benzene rings is 2. The van der Waals surface area contributed by atoms with Crippen molar-refractivity contribution in [3.8, 4) is 11.5 Å². The van der Waals surface area contributed by atoms with Crippen LogP contribution < -0.4 is 10.5 Å². The molecule has 0 aliphatic carbocycles. The van der Waals surface area contributed by atoms with Crippen molar-refractivity contribution in [2.75, 3.05) is 20.1 Å². The summed E-state index contributed by atoms with van der Waals surface area (Å²) in [4.78, 5) is 37.2. The van der Waals surface area contributed by atoms with E-state index in [2.05, 4.69) is 0 Å². The maximum Gasteiger partial charge on any atom is 0.300 e. The van der Waals surface area contributed by atoms with Crippen molar-refractivity contribution in [1.29, 1.82) is 0 Å². The summed E-state index contributed by atoms with van der Waals surface area (Å²) in [5, 5.41) is 7.42. The van der Waals surface area contributed by atoms with Crippen molar-refractivity contribution in [3.05, 3.63) is 60.2 Å². The highest BCUT2D eigenvalue weighted by molar-refractivity contribution is 5.80. The molecule has 178 valence electrons. The summed E-state index contributed by atoms with van der Waals surface area (Å²) in [6.45, 7) is 4.08. The topological polar surface area (TPSA) is 113 Å². The number of likely N-dealkylation sites (tertiary alicyclic amines) is 1. The molecule has 8 nitrogen and oxygen atoms in total. The Kier molecular flexibility index (Phi) is 9.87. The van der Waals surface area contributed by atoms with E-state index in [1.165, 1.54) is 6.92 Å². The molecule has 33 heavy (non-hydrogen) atoms. The molecule has 2 amide bonds. The lowest BCUT2D eigenvalue weighted by Gasteiger charge is -2.27. The molecule has 1 aliphatic rings. The molecule has 0 spiro atoms. The molecule has 2 aromatic rings. The number of ether oxygens (including phenoxy) is 1. The van der Waals surface area contributed by atoms with Crippen LogP contribution in [0.25, 0.3) is 0 Å². The fraction of sp³-hybridized carbons (Fsp3) is 0.400. The van der Waals surface area contributed by atoms with Gasteiger partial charge in [-0.2, -0.15) is 0 Å². The van der Waals surface area contributed by atoms with Crippen LogP contribution in [0.15, 0.2) is 54.6 Å². The number of carboxylic acid groups (broad SMARTS) is 1. The minimum absolute atomic E-state index is 0.0307. The van der Waals surface area contributed by atoms with Crippen LogP contribution >= 0.6 is 0 Å². The predicted molar refractivity (Wildman–Crippen MR) is 126 cm³/mol. The molecule has 0 unspecified atom stereocenters. The third kappa shape index (κ3) is 8.94. The van der Waals surface area contributed by atoms with Crippen LogP contribution in [0.4, 0.5) is 0 Å². The fourth-order valence-electron chi connectivity index (χ4n) is 3.63. The molecule has 8 heteroatoms.